The molecule has 3 aromatic rings. The van der Waals surface area contributed by atoms with Crippen molar-refractivity contribution in [1.82, 2.24) is 19.9 Å². The fourth-order valence-electron chi connectivity index (χ4n) is 4.07. The molecule has 1 amide bonds. The molecule has 7 heteroatoms. The van der Waals surface area contributed by atoms with Crippen LogP contribution >= 0.6 is 0 Å². The topological polar surface area (TPSA) is 65.1 Å². The zero-order chi connectivity index (χ0) is 19.1. The summed E-state index contributed by atoms with van der Waals surface area (Å²) >= 11 is 0. The summed E-state index contributed by atoms with van der Waals surface area (Å²) in [5.74, 6) is 0.584. The van der Waals surface area contributed by atoms with E-state index < -0.39 is 0 Å². The van der Waals surface area contributed by atoms with Crippen molar-refractivity contribution in [1.29, 1.82) is 0 Å². The molecule has 4 rings (SSSR count). The number of halogens is 1. The minimum absolute atomic E-state index is 0.102. The van der Waals surface area contributed by atoms with Gasteiger partial charge in [-0.05, 0) is 32.0 Å². The van der Waals surface area contributed by atoms with Gasteiger partial charge in [0.25, 0.3) is 0 Å². The van der Waals surface area contributed by atoms with Gasteiger partial charge in [0, 0.05) is 49.2 Å². The number of pyridine rings is 2. The Balaban J connectivity index is 1.67. The van der Waals surface area contributed by atoms with Crippen LogP contribution in [0.25, 0.3) is 22.3 Å². The summed E-state index contributed by atoms with van der Waals surface area (Å²) in [5, 5.41) is 0.711. The average molecular weight is 367 g/mol. The number of hydrogen-bond donors (Lipinski definition) is 1. The molecule has 0 bridgehead atoms. The number of carbonyl (C=O) groups excluding carboxylic acids is 1. The normalized spacial score (nSPS) is 20.3. The highest BCUT2D eigenvalue weighted by molar-refractivity contribution is 5.92. The predicted molar refractivity (Wildman–Crippen MR) is 103 cm³/mol. The lowest BCUT2D eigenvalue weighted by Crippen LogP contribution is -2.58. The fourth-order valence-corrected chi connectivity index (χ4v) is 4.07. The lowest BCUT2D eigenvalue weighted by atomic mass is 10.1. The first-order valence-corrected chi connectivity index (χ1v) is 9.08. The van der Waals surface area contributed by atoms with Gasteiger partial charge in [0.2, 0.25) is 5.91 Å². The summed E-state index contributed by atoms with van der Waals surface area (Å²) in [6, 6.07) is 7.54. The van der Waals surface area contributed by atoms with E-state index in [1.807, 2.05) is 29.3 Å². The molecule has 6 nitrogen and oxygen atoms in total. The summed E-state index contributed by atoms with van der Waals surface area (Å²) in [7, 11) is 0. The molecule has 1 saturated heterocycles. The maximum absolute atomic E-state index is 13.6. The number of fused-ring (bicyclic) bond motifs is 1. The minimum atomic E-state index is -0.373. The second-order valence-electron chi connectivity index (χ2n) is 7.16. The molecule has 27 heavy (non-hydrogen) atoms. The average Bonchev–Trinajstić information content (AvgIpc) is 3.04. The van der Waals surface area contributed by atoms with Crippen molar-refractivity contribution in [3.63, 3.8) is 0 Å². The number of amides is 1. The van der Waals surface area contributed by atoms with Crippen LogP contribution in [0.3, 0.4) is 0 Å². The molecule has 140 valence electrons. The molecular formula is C20H22FN5O. The van der Waals surface area contributed by atoms with Crippen LogP contribution in [0.5, 0.6) is 0 Å². The van der Waals surface area contributed by atoms with E-state index in [1.165, 1.54) is 12.3 Å². The van der Waals surface area contributed by atoms with E-state index in [4.69, 9.17) is 4.98 Å². The second kappa shape index (κ2) is 6.64. The summed E-state index contributed by atoms with van der Waals surface area (Å²) < 4.78 is 13.6. The molecule has 0 radical (unpaired) electrons. The van der Waals surface area contributed by atoms with E-state index in [1.54, 1.807) is 6.92 Å². The zero-order valence-corrected chi connectivity index (χ0v) is 15.6. The van der Waals surface area contributed by atoms with Gasteiger partial charge in [0.15, 0.2) is 0 Å². The van der Waals surface area contributed by atoms with Gasteiger partial charge >= 0.3 is 0 Å². The second-order valence-corrected chi connectivity index (χ2v) is 7.16. The first-order valence-electron chi connectivity index (χ1n) is 9.08. The number of hydrogen-bond acceptors (Lipinski definition) is 4. The largest absolute Gasteiger partial charge is 0.352 e. The minimum Gasteiger partial charge on any atom is -0.352 e. The number of aromatic nitrogens is 3. The molecule has 1 fully saturated rings. The molecule has 0 saturated carbocycles. The Morgan fingerprint density at radius 3 is 2.70 bits per heavy atom. The highest BCUT2D eigenvalue weighted by Gasteiger charge is 2.31. The van der Waals surface area contributed by atoms with Gasteiger partial charge < -0.3 is 14.8 Å². The van der Waals surface area contributed by atoms with Gasteiger partial charge in [-0.15, -0.1) is 0 Å². The maximum atomic E-state index is 13.6. The Labute approximate surface area is 157 Å². The number of H-pyrrole nitrogens is 1. The van der Waals surface area contributed by atoms with Crippen LogP contribution in [-0.4, -0.2) is 50.9 Å². The Morgan fingerprint density at radius 2 is 2.00 bits per heavy atom. The van der Waals surface area contributed by atoms with Crippen molar-refractivity contribution in [3.8, 4) is 11.3 Å². The SMILES string of the molecule is CC(=O)N1[C@H](C)CN(c2cccc(-c3c[nH]c4ncc(F)cc34)n2)C[C@@H]1C. The molecular weight excluding hydrogens is 345 g/mol. The van der Waals surface area contributed by atoms with Crippen molar-refractivity contribution in [3.05, 3.63) is 42.5 Å². The number of nitrogens with one attached hydrogen (secondary N) is 1. The predicted octanol–water partition coefficient (Wildman–Crippen LogP) is 3.21. The first kappa shape index (κ1) is 17.5. The van der Waals surface area contributed by atoms with Crippen molar-refractivity contribution in [2.24, 2.45) is 0 Å². The molecule has 0 unspecified atom stereocenters. The molecule has 0 aliphatic carbocycles. The first-order chi connectivity index (χ1) is 12.9. The zero-order valence-electron chi connectivity index (χ0n) is 15.6. The number of piperazine rings is 1. The number of carbonyl (C=O) groups is 1. The molecule has 4 heterocycles. The third kappa shape index (κ3) is 3.13. The number of rotatable bonds is 2. The van der Waals surface area contributed by atoms with Crippen LogP contribution in [0.4, 0.5) is 10.2 Å². The van der Waals surface area contributed by atoms with Gasteiger partial charge in [-0.25, -0.2) is 14.4 Å². The highest BCUT2D eigenvalue weighted by atomic mass is 19.1. The van der Waals surface area contributed by atoms with E-state index in [0.717, 1.165) is 30.2 Å². The molecule has 1 N–H and O–H groups in total. The lowest BCUT2D eigenvalue weighted by Gasteiger charge is -2.44. The Kier molecular flexibility index (Phi) is 4.30. The van der Waals surface area contributed by atoms with Crippen molar-refractivity contribution < 1.29 is 9.18 Å². The van der Waals surface area contributed by atoms with Crippen LogP contribution in [-0.2, 0) is 4.79 Å². The van der Waals surface area contributed by atoms with Crippen LogP contribution in [0.15, 0.2) is 36.7 Å². The van der Waals surface area contributed by atoms with E-state index in [0.29, 0.717) is 11.0 Å². The van der Waals surface area contributed by atoms with Crippen LogP contribution in [0, 0.1) is 5.82 Å². The van der Waals surface area contributed by atoms with Crippen molar-refractivity contribution >= 4 is 22.8 Å². The molecule has 2 atom stereocenters. The summed E-state index contributed by atoms with van der Waals surface area (Å²) in [6.07, 6.45) is 3.01. The molecule has 0 aromatic carbocycles. The maximum Gasteiger partial charge on any atom is 0.220 e. The van der Waals surface area contributed by atoms with Crippen LogP contribution < -0.4 is 4.90 Å². The molecule has 1 aliphatic heterocycles. The lowest BCUT2D eigenvalue weighted by molar-refractivity contribution is -0.133. The monoisotopic (exact) mass is 367 g/mol. The quantitative estimate of drug-likeness (QED) is 0.755. The fraction of sp³-hybridized carbons (Fsp3) is 0.350. The molecule has 1 aliphatic rings. The van der Waals surface area contributed by atoms with Gasteiger partial charge in [-0.2, -0.15) is 0 Å². The number of aromatic amines is 1. The van der Waals surface area contributed by atoms with Crippen molar-refractivity contribution in [2.45, 2.75) is 32.9 Å². The Bertz CT molecular complexity index is 989. The third-order valence-corrected chi connectivity index (χ3v) is 5.11. The number of anilines is 1. The van der Waals surface area contributed by atoms with Gasteiger partial charge in [-0.1, -0.05) is 6.07 Å². The van der Waals surface area contributed by atoms with Gasteiger partial charge in [0.05, 0.1) is 11.9 Å². The standard InChI is InChI=1S/C20H22FN5O/c1-12-10-25(11-13(2)26(12)14(3)27)19-6-4-5-18(24-19)17-9-23-20-16(17)7-15(21)8-22-20/h4-9,12-13H,10-11H2,1-3H3,(H,22,23)/t12-,13+. The van der Waals surface area contributed by atoms with Gasteiger partial charge in [0.1, 0.15) is 17.3 Å². The number of nitrogens with zero attached hydrogens (tertiary/aromatic N) is 4. The van der Waals surface area contributed by atoms with E-state index in [2.05, 4.69) is 28.7 Å². The summed E-state index contributed by atoms with van der Waals surface area (Å²) in [6.45, 7) is 7.19. The smallest absolute Gasteiger partial charge is 0.220 e. The van der Waals surface area contributed by atoms with E-state index >= 15 is 0 Å². The van der Waals surface area contributed by atoms with Crippen molar-refractivity contribution in [2.75, 3.05) is 18.0 Å². The summed E-state index contributed by atoms with van der Waals surface area (Å²) in [4.78, 5) is 28.0. The van der Waals surface area contributed by atoms with E-state index in [9.17, 15) is 9.18 Å². The van der Waals surface area contributed by atoms with Gasteiger partial charge in [-0.3, -0.25) is 4.79 Å². The van der Waals surface area contributed by atoms with Crippen LogP contribution in [0.2, 0.25) is 0 Å². The highest BCUT2D eigenvalue weighted by Crippen LogP contribution is 2.29. The third-order valence-electron chi connectivity index (χ3n) is 5.11. The van der Waals surface area contributed by atoms with E-state index in [-0.39, 0.29) is 23.8 Å². The summed E-state index contributed by atoms with van der Waals surface area (Å²) in [5.41, 5.74) is 2.22. The van der Waals surface area contributed by atoms with Crippen LogP contribution in [0.1, 0.15) is 20.8 Å². The molecule has 3 aromatic heterocycles. The Hall–Kier alpha value is -2.96. The molecule has 0 spiro atoms. The Morgan fingerprint density at radius 1 is 1.26 bits per heavy atom.